The average Bonchev–Trinajstić information content (AvgIpc) is 2.01. The van der Waals surface area contributed by atoms with Crippen molar-refractivity contribution < 1.29 is 5.11 Å². The second kappa shape index (κ2) is 4.43. The molecule has 1 nitrogen and oxygen atoms in total. The normalized spacial score (nSPS) is 12.6. The van der Waals surface area contributed by atoms with Crippen LogP contribution in [0.25, 0.3) is 0 Å². The molecule has 0 spiro atoms. The van der Waals surface area contributed by atoms with Crippen LogP contribution in [-0.4, -0.2) is 5.11 Å². The van der Waals surface area contributed by atoms with E-state index in [1.807, 2.05) is 26.0 Å². The summed E-state index contributed by atoms with van der Waals surface area (Å²) in [6.07, 6.45) is 0.234. The maximum Gasteiger partial charge on any atom is 0.0829 e. The number of hydrogen-bond donors (Lipinski definition) is 1. The Morgan fingerprint density at radius 3 is 2.57 bits per heavy atom. The van der Waals surface area contributed by atoms with Gasteiger partial charge in [-0.1, -0.05) is 29.3 Å². The Balaban J connectivity index is 2.90. The predicted octanol–water partition coefficient (Wildman–Crippen LogP) is 3.30. The first-order chi connectivity index (χ1) is 6.50. The van der Waals surface area contributed by atoms with E-state index in [1.54, 1.807) is 0 Å². The lowest BCUT2D eigenvalue weighted by Crippen LogP contribution is -2.00. The number of aliphatic hydroxyl groups is 1. The highest BCUT2D eigenvalue weighted by molar-refractivity contribution is 5.32. The van der Waals surface area contributed by atoms with Crippen molar-refractivity contribution in [3.8, 4) is 0 Å². The molecule has 1 aromatic carbocycles. The van der Waals surface area contributed by atoms with Crippen LogP contribution < -0.4 is 0 Å². The third-order valence-corrected chi connectivity index (χ3v) is 2.33. The second-order valence-electron chi connectivity index (χ2n) is 4.04. The Morgan fingerprint density at radius 2 is 2.07 bits per heavy atom. The van der Waals surface area contributed by atoms with Crippen LogP contribution in [0.5, 0.6) is 0 Å². The molecule has 0 bridgehead atoms. The minimum atomic E-state index is -0.409. The van der Waals surface area contributed by atoms with E-state index < -0.39 is 6.10 Å². The van der Waals surface area contributed by atoms with Crippen LogP contribution in [-0.2, 0) is 0 Å². The SMILES string of the molecule is C=C(C)CC(O)c1ccc(C)cc1C. The number of rotatable bonds is 3. The van der Waals surface area contributed by atoms with Crippen LogP contribution in [0.15, 0.2) is 30.4 Å². The summed E-state index contributed by atoms with van der Waals surface area (Å²) in [5.41, 5.74) is 4.41. The maximum atomic E-state index is 9.90. The number of aryl methyl sites for hydroxylation is 2. The van der Waals surface area contributed by atoms with Gasteiger partial charge in [-0.25, -0.2) is 0 Å². The maximum absolute atomic E-state index is 9.90. The van der Waals surface area contributed by atoms with Crippen LogP contribution in [0, 0.1) is 13.8 Å². The van der Waals surface area contributed by atoms with E-state index in [2.05, 4.69) is 19.6 Å². The van der Waals surface area contributed by atoms with Crippen molar-refractivity contribution in [2.75, 3.05) is 0 Å². The van der Waals surface area contributed by atoms with Crippen molar-refractivity contribution in [3.63, 3.8) is 0 Å². The lowest BCUT2D eigenvalue weighted by molar-refractivity contribution is 0.177. The number of benzene rings is 1. The topological polar surface area (TPSA) is 20.2 Å². The van der Waals surface area contributed by atoms with Crippen molar-refractivity contribution in [1.29, 1.82) is 0 Å². The van der Waals surface area contributed by atoms with Crippen molar-refractivity contribution >= 4 is 0 Å². The fourth-order valence-electron chi connectivity index (χ4n) is 1.64. The molecule has 1 rings (SSSR count). The zero-order chi connectivity index (χ0) is 10.7. The minimum absolute atomic E-state index is 0.409. The Hall–Kier alpha value is -1.08. The Kier molecular flexibility index (Phi) is 3.48. The molecule has 0 heterocycles. The molecule has 1 N–H and O–H groups in total. The van der Waals surface area contributed by atoms with Crippen LogP contribution in [0.4, 0.5) is 0 Å². The van der Waals surface area contributed by atoms with Crippen molar-refractivity contribution in [2.24, 2.45) is 0 Å². The van der Waals surface area contributed by atoms with Gasteiger partial charge in [-0.15, -0.1) is 6.58 Å². The highest BCUT2D eigenvalue weighted by Crippen LogP contribution is 2.23. The molecule has 0 saturated carbocycles. The van der Waals surface area contributed by atoms with Crippen LogP contribution in [0.1, 0.15) is 36.1 Å². The van der Waals surface area contributed by atoms with Crippen LogP contribution >= 0.6 is 0 Å². The largest absolute Gasteiger partial charge is 0.388 e. The van der Waals surface area contributed by atoms with Gasteiger partial charge in [0.2, 0.25) is 0 Å². The molecule has 14 heavy (non-hydrogen) atoms. The van der Waals surface area contributed by atoms with E-state index in [0.29, 0.717) is 6.42 Å². The van der Waals surface area contributed by atoms with Gasteiger partial charge in [0.1, 0.15) is 0 Å². The Labute approximate surface area is 86.1 Å². The fourth-order valence-corrected chi connectivity index (χ4v) is 1.64. The number of hydrogen-bond acceptors (Lipinski definition) is 1. The molecule has 1 heteroatoms. The molecular formula is C13H18O. The summed E-state index contributed by atoms with van der Waals surface area (Å²) in [4.78, 5) is 0. The highest BCUT2D eigenvalue weighted by Gasteiger charge is 2.09. The fraction of sp³-hybridized carbons (Fsp3) is 0.385. The van der Waals surface area contributed by atoms with Crippen molar-refractivity contribution in [3.05, 3.63) is 47.0 Å². The summed E-state index contributed by atoms with van der Waals surface area (Å²) in [5, 5.41) is 9.90. The predicted molar refractivity (Wildman–Crippen MR) is 60.3 cm³/mol. The van der Waals surface area contributed by atoms with Crippen LogP contribution in [0.2, 0.25) is 0 Å². The molecule has 1 atom stereocenters. The van der Waals surface area contributed by atoms with E-state index >= 15 is 0 Å². The lowest BCUT2D eigenvalue weighted by atomic mass is 9.97. The zero-order valence-electron chi connectivity index (χ0n) is 9.17. The van der Waals surface area contributed by atoms with E-state index in [9.17, 15) is 5.11 Å². The molecular weight excluding hydrogens is 172 g/mol. The molecule has 0 fully saturated rings. The van der Waals surface area contributed by atoms with Gasteiger partial charge in [0.25, 0.3) is 0 Å². The molecule has 0 radical (unpaired) electrons. The molecule has 0 saturated heterocycles. The van der Waals surface area contributed by atoms with Gasteiger partial charge in [0.05, 0.1) is 6.10 Å². The van der Waals surface area contributed by atoms with E-state index in [4.69, 9.17) is 0 Å². The third-order valence-electron chi connectivity index (χ3n) is 2.33. The van der Waals surface area contributed by atoms with Crippen molar-refractivity contribution in [1.82, 2.24) is 0 Å². The van der Waals surface area contributed by atoms with E-state index in [1.165, 1.54) is 5.56 Å². The molecule has 1 unspecified atom stereocenters. The van der Waals surface area contributed by atoms with Gasteiger partial charge in [0, 0.05) is 0 Å². The molecule has 0 aliphatic heterocycles. The highest BCUT2D eigenvalue weighted by atomic mass is 16.3. The van der Waals surface area contributed by atoms with Crippen LogP contribution in [0.3, 0.4) is 0 Å². The Morgan fingerprint density at radius 1 is 1.43 bits per heavy atom. The molecule has 76 valence electrons. The van der Waals surface area contributed by atoms with Gasteiger partial charge in [-0.05, 0) is 38.3 Å². The van der Waals surface area contributed by atoms with E-state index in [-0.39, 0.29) is 0 Å². The summed E-state index contributed by atoms with van der Waals surface area (Å²) in [5.74, 6) is 0. The third kappa shape index (κ3) is 2.71. The summed E-state index contributed by atoms with van der Waals surface area (Å²) < 4.78 is 0. The lowest BCUT2D eigenvalue weighted by Gasteiger charge is -2.14. The van der Waals surface area contributed by atoms with Crippen molar-refractivity contribution in [2.45, 2.75) is 33.3 Å². The van der Waals surface area contributed by atoms with Gasteiger partial charge in [-0.2, -0.15) is 0 Å². The molecule has 0 aromatic heterocycles. The molecule has 0 aliphatic rings. The summed E-state index contributed by atoms with van der Waals surface area (Å²) in [7, 11) is 0. The zero-order valence-corrected chi connectivity index (χ0v) is 9.17. The monoisotopic (exact) mass is 190 g/mol. The second-order valence-corrected chi connectivity index (χ2v) is 4.04. The van der Waals surface area contributed by atoms with E-state index in [0.717, 1.165) is 16.7 Å². The summed E-state index contributed by atoms with van der Waals surface area (Å²) in [6.45, 7) is 9.83. The Bertz CT molecular complexity index is 339. The van der Waals surface area contributed by atoms with Gasteiger partial charge >= 0.3 is 0 Å². The first-order valence-electron chi connectivity index (χ1n) is 4.90. The average molecular weight is 190 g/mol. The first-order valence-corrected chi connectivity index (χ1v) is 4.90. The molecule has 1 aromatic rings. The standard InChI is InChI=1S/C13H18O/c1-9(2)7-13(14)12-6-5-10(3)8-11(12)4/h5-6,8,13-14H,1,7H2,2-4H3. The smallest absolute Gasteiger partial charge is 0.0829 e. The molecule has 0 amide bonds. The number of aliphatic hydroxyl groups excluding tert-OH is 1. The van der Waals surface area contributed by atoms with Gasteiger partial charge in [-0.3, -0.25) is 0 Å². The quantitative estimate of drug-likeness (QED) is 0.725. The summed E-state index contributed by atoms with van der Waals surface area (Å²) in [6, 6.07) is 6.12. The van der Waals surface area contributed by atoms with Gasteiger partial charge < -0.3 is 5.11 Å². The first kappa shape index (κ1) is 11.0. The molecule has 0 aliphatic carbocycles. The van der Waals surface area contributed by atoms with Gasteiger partial charge in [0.15, 0.2) is 0 Å². The minimum Gasteiger partial charge on any atom is -0.388 e. The summed E-state index contributed by atoms with van der Waals surface area (Å²) >= 11 is 0.